The maximum atomic E-state index is 14.0. The summed E-state index contributed by atoms with van der Waals surface area (Å²) in [5.41, 5.74) is 1.17. The van der Waals surface area contributed by atoms with Crippen molar-refractivity contribution in [3.63, 3.8) is 0 Å². The molecule has 0 saturated heterocycles. The summed E-state index contributed by atoms with van der Waals surface area (Å²) in [6.07, 6.45) is 4.30. The molecule has 0 heterocycles. The Kier molecular flexibility index (Phi) is 6.29. The number of allylic oxidation sites excluding steroid dienone is 1. The molecule has 0 aliphatic rings. The highest BCUT2D eigenvalue weighted by Gasteiger charge is 2.15. The molecule has 0 fully saturated rings. The number of ether oxygens (including phenoxy) is 2. The van der Waals surface area contributed by atoms with E-state index in [0.717, 1.165) is 6.42 Å². The van der Waals surface area contributed by atoms with E-state index in [9.17, 15) is 13.2 Å². The minimum atomic E-state index is -1.14. The monoisotopic (exact) mass is 336 g/mol. The van der Waals surface area contributed by atoms with Crippen molar-refractivity contribution in [3.8, 4) is 11.5 Å². The summed E-state index contributed by atoms with van der Waals surface area (Å²) in [5, 5.41) is 0. The van der Waals surface area contributed by atoms with Crippen molar-refractivity contribution >= 4 is 0 Å². The van der Waals surface area contributed by atoms with Gasteiger partial charge in [-0.1, -0.05) is 31.6 Å². The summed E-state index contributed by atoms with van der Waals surface area (Å²) in [6.45, 7) is 3.60. The molecular weight excluding hydrogens is 317 g/mol. The molecule has 2 aromatic rings. The van der Waals surface area contributed by atoms with Gasteiger partial charge in [0.25, 0.3) is 0 Å². The Morgan fingerprint density at radius 2 is 1.71 bits per heavy atom. The fourth-order valence-electron chi connectivity index (χ4n) is 2.17. The number of hydrogen-bond acceptors (Lipinski definition) is 2. The minimum absolute atomic E-state index is 0.0608. The Morgan fingerprint density at radius 3 is 2.38 bits per heavy atom. The van der Waals surface area contributed by atoms with Crippen molar-refractivity contribution in [2.75, 3.05) is 0 Å². The predicted octanol–water partition coefficient (Wildman–Crippen LogP) is 5.55. The van der Waals surface area contributed by atoms with Crippen LogP contribution in [-0.4, -0.2) is 0 Å². The Hall–Kier alpha value is -2.43. The Morgan fingerprint density at radius 1 is 1.00 bits per heavy atom. The van der Waals surface area contributed by atoms with Gasteiger partial charge in [-0.2, -0.15) is 8.78 Å². The van der Waals surface area contributed by atoms with Gasteiger partial charge < -0.3 is 9.47 Å². The van der Waals surface area contributed by atoms with Gasteiger partial charge in [0.2, 0.25) is 11.6 Å². The van der Waals surface area contributed by atoms with E-state index in [0.29, 0.717) is 17.5 Å². The highest BCUT2D eigenvalue weighted by atomic mass is 19.2. The highest BCUT2D eigenvalue weighted by molar-refractivity contribution is 5.35. The van der Waals surface area contributed by atoms with E-state index in [2.05, 4.69) is 0 Å². The molecule has 128 valence electrons. The molecule has 2 rings (SSSR count). The lowest BCUT2D eigenvalue weighted by atomic mass is 10.1. The molecule has 0 N–H and O–H groups in total. The van der Waals surface area contributed by atoms with E-state index in [-0.39, 0.29) is 23.9 Å². The molecule has 24 heavy (non-hydrogen) atoms. The Bertz CT molecular complexity index is 727. The van der Waals surface area contributed by atoms with Crippen LogP contribution in [0.2, 0.25) is 0 Å². The molecular formula is C19H19F3O2. The molecule has 2 nitrogen and oxygen atoms in total. The number of halogens is 3. The first kappa shape index (κ1) is 17.9. The third kappa shape index (κ3) is 4.31. The molecule has 0 spiro atoms. The molecule has 0 bridgehead atoms. The van der Waals surface area contributed by atoms with E-state index in [4.69, 9.17) is 9.47 Å². The SMILES string of the molecule is CC=COc1ccc(OCc2ccc(CCC)c(F)c2)c(F)c1F. The molecule has 0 saturated carbocycles. The zero-order valence-electron chi connectivity index (χ0n) is 13.6. The molecule has 0 radical (unpaired) electrons. The summed E-state index contributed by atoms with van der Waals surface area (Å²) in [7, 11) is 0. The minimum Gasteiger partial charge on any atom is -0.486 e. The van der Waals surface area contributed by atoms with Crippen LogP contribution in [0.4, 0.5) is 13.2 Å². The fourth-order valence-corrected chi connectivity index (χ4v) is 2.17. The quantitative estimate of drug-likeness (QED) is 0.617. The van der Waals surface area contributed by atoms with E-state index >= 15 is 0 Å². The molecule has 5 heteroatoms. The van der Waals surface area contributed by atoms with Crippen LogP contribution in [0.3, 0.4) is 0 Å². The highest BCUT2D eigenvalue weighted by Crippen LogP contribution is 2.28. The van der Waals surface area contributed by atoms with Gasteiger partial charge in [-0.05, 0) is 42.7 Å². The predicted molar refractivity (Wildman–Crippen MR) is 86.5 cm³/mol. The normalized spacial score (nSPS) is 11.0. The van der Waals surface area contributed by atoms with Gasteiger partial charge >= 0.3 is 0 Å². The second-order valence-corrected chi connectivity index (χ2v) is 5.24. The zero-order chi connectivity index (χ0) is 17.5. The molecule has 0 atom stereocenters. The van der Waals surface area contributed by atoms with Crippen LogP contribution in [0.15, 0.2) is 42.7 Å². The smallest absolute Gasteiger partial charge is 0.205 e. The molecule has 0 aliphatic heterocycles. The van der Waals surface area contributed by atoms with Crippen LogP contribution < -0.4 is 9.47 Å². The van der Waals surface area contributed by atoms with E-state index in [1.807, 2.05) is 6.92 Å². The molecule has 2 aromatic carbocycles. The second-order valence-electron chi connectivity index (χ2n) is 5.24. The van der Waals surface area contributed by atoms with Gasteiger partial charge in [-0.3, -0.25) is 0 Å². The van der Waals surface area contributed by atoms with Crippen LogP contribution in [0.1, 0.15) is 31.4 Å². The number of aryl methyl sites for hydroxylation is 1. The van der Waals surface area contributed by atoms with Gasteiger partial charge in [-0.25, -0.2) is 4.39 Å². The Balaban J connectivity index is 2.09. The van der Waals surface area contributed by atoms with Gasteiger partial charge in [0.05, 0.1) is 6.26 Å². The first-order valence-electron chi connectivity index (χ1n) is 7.72. The van der Waals surface area contributed by atoms with E-state index < -0.39 is 11.6 Å². The van der Waals surface area contributed by atoms with Crippen LogP contribution in [-0.2, 0) is 13.0 Å². The van der Waals surface area contributed by atoms with Crippen LogP contribution in [0, 0.1) is 17.5 Å². The molecule has 0 amide bonds. The molecule has 0 aromatic heterocycles. The topological polar surface area (TPSA) is 18.5 Å². The largest absolute Gasteiger partial charge is 0.486 e. The lowest BCUT2D eigenvalue weighted by molar-refractivity contribution is 0.281. The van der Waals surface area contributed by atoms with Crippen LogP contribution in [0.5, 0.6) is 11.5 Å². The van der Waals surface area contributed by atoms with Crippen LogP contribution >= 0.6 is 0 Å². The summed E-state index contributed by atoms with van der Waals surface area (Å²) in [4.78, 5) is 0. The van der Waals surface area contributed by atoms with E-state index in [1.54, 1.807) is 25.1 Å². The summed E-state index contributed by atoms with van der Waals surface area (Å²) in [5.74, 6) is -3.07. The van der Waals surface area contributed by atoms with Gasteiger partial charge in [0.15, 0.2) is 11.5 Å². The zero-order valence-corrected chi connectivity index (χ0v) is 13.6. The number of hydrogen-bond donors (Lipinski definition) is 0. The van der Waals surface area contributed by atoms with Crippen molar-refractivity contribution in [1.82, 2.24) is 0 Å². The van der Waals surface area contributed by atoms with Gasteiger partial charge in [0.1, 0.15) is 12.4 Å². The first-order valence-corrected chi connectivity index (χ1v) is 7.72. The van der Waals surface area contributed by atoms with Gasteiger partial charge in [-0.15, -0.1) is 0 Å². The average Bonchev–Trinajstić information content (AvgIpc) is 2.57. The van der Waals surface area contributed by atoms with Crippen molar-refractivity contribution < 1.29 is 22.6 Å². The van der Waals surface area contributed by atoms with Crippen molar-refractivity contribution in [1.29, 1.82) is 0 Å². The van der Waals surface area contributed by atoms with Crippen LogP contribution in [0.25, 0.3) is 0 Å². The summed E-state index contributed by atoms with van der Waals surface area (Å²) < 4.78 is 51.9. The molecule has 0 unspecified atom stereocenters. The Labute approximate surface area is 139 Å². The summed E-state index contributed by atoms with van der Waals surface area (Å²) in [6, 6.07) is 7.30. The lowest BCUT2D eigenvalue weighted by Crippen LogP contribution is -2.01. The average molecular weight is 336 g/mol. The third-order valence-electron chi connectivity index (χ3n) is 3.37. The van der Waals surface area contributed by atoms with Crippen molar-refractivity contribution in [3.05, 3.63) is 71.2 Å². The first-order chi connectivity index (χ1) is 11.6. The number of benzene rings is 2. The standard InChI is InChI=1S/C19H19F3O2/c1-3-5-14-7-6-13(11-15(14)20)12-24-17-9-8-16(23-10-4-2)18(21)19(17)22/h4,6-11H,3,5,12H2,1-2H3. The third-order valence-corrected chi connectivity index (χ3v) is 3.37. The molecule has 0 aliphatic carbocycles. The lowest BCUT2D eigenvalue weighted by Gasteiger charge is -2.10. The maximum absolute atomic E-state index is 14.0. The van der Waals surface area contributed by atoms with Crippen molar-refractivity contribution in [2.45, 2.75) is 33.3 Å². The van der Waals surface area contributed by atoms with Gasteiger partial charge in [0, 0.05) is 0 Å². The second kappa shape index (κ2) is 8.43. The fraction of sp³-hybridized carbons (Fsp3) is 0.263. The van der Waals surface area contributed by atoms with Crippen molar-refractivity contribution in [2.24, 2.45) is 0 Å². The maximum Gasteiger partial charge on any atom is 0.205 e. The number of rotatable bonds is 7. The van der Waals surface area contributed by atoms with E-state index in [1.165, 1.54) is 24.5 Å². The summed E-state index contributed by atoms with van der Waals surface area (Å²) >= 11 is 0.